The van der Waals surface area contributed by atoms with Gasteiger partial charge in [0.2, 0.25) is 0 Å². The molecule has 1 N–H and O–H groups in total. The minimum absolute atomic E-state index is 0.0987. The smallest absolute Gasteiger partial charge is 0.360 e. The van der Waals surface area contributed by atoms with E-state index >= 15 is 0 Å². The number of aromatic nitrogens is 1. The van der Waals surface area contributed by atoms with E-state index in [4.69, 9.17) is 4.74 Å². The van der Waals surface area contributed by atoms with Crippen LogP contribution >= 0.6 is 0 Å². The van der Waals surface area contributed by atoms with Crippen molar-refractivity contribution in [1.82, 2.24) is 4.98 Å². The van der Waals surface area contributed by atoms with E-state index in [0.29, 0.717) is 5.69 Å². The predicted molar refractivity (Wildman–Crippen MR) is 98.2 cm³/mol. The van der Waals surface area contributed by atoms with Crippen LogP contribution in [0.4, 0.5) is 26.3 Å². The van der Waals surface area contributed by atoms with Gasteiger partial charge in [0.1, 0.15) is 6.10 Å². The van der Waals surface area contributed by atoms with Crippen LogP contribution in [-0.2, 0) is 10.9 Å². The summed E-state index contributed by atoms with van der Waals surface area (Å²) < 4.78 is 87.5. The van der Waals surface area contributed by atoms with E-state index in [1.165, 1.54) is 32.0 Å². The quantitative estimate of drug-likeness (QED) is 0.607. The Balaban J connectivity index is 2.24. The van der Waals surface area contributed by atoms with Crippen molar-refractivity contribution in [1.29, 1.82) is 0 Å². The molecule has 3 nitrogen and oxygen atoms in total. The summed E-state index contributed by atoms with van der Waals surface area (Å²) in [4.78, 5) is 14.8. The first kappa shape index (κ1) is 22.4. The van der Waals surface area contributed by atoms with Crippen molar-refractivity contribution < 1.29 is 31.1 Å². The average Bonchev–Trinajstić information content (AvgIpc) is 2.86. The molecule has 30 heavy (non-hydrogen) atoms. The number of hydrogen-bond donors (Lipinski definition) is 1. The van der Waals surface area contributed by atoms with Gasteiger partial charge in [-0.3, -0.25) is 4.79 Å². The summed E-state index contributed by atoms with van der Waals surface area (Å²) >= 11 is 0. The first-order valence-corrected chi connectivity index (χ1v) is 9.29. The van der Waals surface area contributed by atoms with Gasteiger partial charge < -0.3 is 9.72 Å². The number of nitrogens with one attached hydrogen (secondary N) is 1. The molecule has 1 fully saturated rings. The van der Waals surface area contributed by atoms with Gasteiger partial charge in [-0.25, -0.2) is 0 Å². The van der Waals surface area contributed by atoms with E-state index in [9.17, 15) is 31.1 Å². The molecule has 1 aliphatic heterocycles. The average molecular weight is 433 g/mol. The zero-order chi connectivity index (χ0) is 22.6. The first-order valence-electron chi connectivity index (χ1n) is 9.29. The number of ether oxygens (including phenoxy) is 1. The largest absolute Gasteiger partial charge is 0.417 e. The molecule has 2 heterocycles. The fraction of sp³-hybridized carbons (Fsp3) is 0.476. The molecule has 2 aromatic rings. The van der Waals surface area contributed by atoms with Gasteiger partial charge in [-0.05, 0) is 38.0 Å². The van der Waals surface area contributed by atoms with Gasteiger partial charge >= 0.3 is 12.4 Å². The third kappa shape index (κ3) is 3.64. The molecule has 0 saturated carbocycles. The molecule has 0 radical (unpaired) electrons. The number of pyridine rings is 1. The normalized spacial score (nSPS) is 27.5. The lowest BCUT2D eigenvalue weighted by atomic mass is 9.75. The number of halogens is 6. The van der Waals surface area contributed by atoms with E-state index < -0.39 is 46.9 Å². The molecule has 0 spiro atoms. The van der Waals surface area contributed by atoms with Gasteiger partial charge in [-0.1, -0.05) is 19.1 Å². The lowest BCUT2D eigenvalue weighted by Gasteiger charge is -2.32. The lowest BCUT2D eigenvalue weighted by molar-refractivity contribution is -0.275. The summed E-state index contributed by atoms with van der Waals surface area (Å²) in [5.41, 5.74) is -3.49. The summed E-state index contributed by atoms with van der Waals surface area (Å²) in [6, 6.07) is 5.86. The lowest BCUT2D eigenvalue weighted by Crippen LogP contribution is -2.46. The standard InChI is InChI=1S/C21H21F6NO2/c1-10-8-13(29)9-16(28-10)18-17(12(3)19(4,30-18)21(25,26)27)14-6-5-7-15(11(14)2)20(22,23)24/h5-9,12,17-18H,1-4H3,(H,28,29)/t12-,17-,18-,19+/m0/s1. The molecule has 3 rings (SSSR count). The Hall–Kier alpha value is -2.29. The summed E-state index contributed by atoms with van der Waals surface area (Å²) in [5.74, 6) is -2.27. The zero-order valence-electron chi connectivity index (χ0n) is 16.7. The number of benzene rings is 1. The number of hydrogen-bond acceptors (Lipinski definition) is 2. The number of H-pyrrole nitrogens is 1. The number of aromatic amines is 1. The highest BCUT2D eigenvalue weighted by Crippen LogP contribution is 2.58. The molecular weight excluding hydrogens is 412 g/mol. The second kappa shape index (κ2) is 7.14. The van der Waals surface area contributed by atoms with E-state index in [0.717, 1.165) is 19.1 Å². The molecule has 0 amide bonds. The highest BCUT2D eigenvalue weighted by atomic mass is 19.4. The summed E-state index contributed by atoms with van der Waals surface area (Å²) in [5, 5.41) is 0. The van der Waals surface area contributed by atoms with Crippen LogP contribution in [0.2, 0.25) is 0 Å². The molecule has 9 heteroatoms. The van der Waals surface area contributed by atoms with Crippen molar-refractivity contribution in [2.45, 2.75) is 57.7 Å². The fourth-order valence-corrected chi connectivity index (χ4v) is 4.25. The van der Waals surface area contributed by atoms with Crippen LogP contribution in [0.1, 0.15) is 53.9 Å². The fourth-order valence-electron chi connectivity index (χ4n) is 4.25. The van der Waals surface area contributed by atoms with Crippen molar-refractivity contribution in [2.24, 2.45) is 5.92 Å². The Morgan fingerprint density at radius 3 is 2.23 bits per heavy atom. The molecule has 0 aliphatic carbocycles. The summed E-state index contributed by atoms with van der Waals surface area (Å²) in [6.07, 6.45) is -10.7. The third-order valence-electron chi connectivity index (χ3n) is 6.01. The summed E-state index contributed by atoms with van der Waals surface area (Å²) in [7, 11) is 0. The molecule has 4 atom stereocenters. The molecule has 0 bridgehead atoms. The van der Waals surface area contributed by atoms with Crippen molar-refractivity contribution >= 4 is 0 Å². The molecule has 1 aromatic heterocycles. The molecule has 1 saturated heterocycles. The van der Waals surface area contributed by atoms with Crippen molar-refractivity contribution in [3.05, 3.63) is 68.6 Å². The van der Waals surface area contributed by atoms with Gasteiger partial charge in [0.05, 0.1) is 5.56 Å². The Labute approximate surface area is 169 Å². The molecular formula is C21H21F6NO2. The molecule has 164 valence electrons. The van der Waals surface area contributed by atoms with Gasteiger partial charge in [0, 0.05) is 35.4 Å². The minimum atomic E-state index is -4.76. The highest BCUT2D eigenvalue weighted by molar-refractivity contribution is 5.41. The number of aryl methyl sites for hydroxylation is 1. The molecule has 1 aromatic carbocycles. The van der Waals surface area contributed by atoms with Gasteiger partial charge in [-0.15, -0.1) is 0 Å². The minimum Gasteiger partial charge on any atom is -0.360 e. The van der Waals surface area contributed by atoms with Crippen molar-refractivity contribution in [3.63, 3.8) is 0 Å². The van der Waals surface area contributed by atoms with Crippen LogP contribution in [0.3, 0.4) is 0 Å². The Morgan fingerprint density at radius 2 is 1.70 bits per heavy atom. The molecule has 1 aliphatic rings. The van der Waals surface area contributed by atoms with E-state index in [2.05, 4.69) is 4.98 Å². The van der Waals surface area contributed by atoms with Crippen molar-refractivity contribution in [2.75, 3.05) is 0 Å². The number of rotatable bonds is 2. The zero-order valence-corrected chi connectivity index (χ0v) is 16.7. The predicted octanol–water partition coefficient (Wildman–Crippen LogP) is 5.82. The second-order valence-corrected chi connectivity index (χ2v) is 7.93. The van der Waals surface area contributed by atoms with Crippen LogP contribution < -0.4 is 5.43 Å². The Kier molecular flexibility index (Phi) is 5.33. The molecule has 0 unspecified atom stereocenters. The van der Waals surface area contributed by atoms with Crippen LogP contribution in [-0.4, -0.2) is 16.8 Å². The van der Waals surface area contributed by atoms with Crippen LogP contribution in [0.25, 0.3) is 0 Å². The third-order valence-corrected chi connectivity index (χ3v) is 6.01. The topological polar surface area (TPSA) is 42.1 Å². The van der Waals surface area contributed by atoms with Crippen LogP contribution in [0, 0.1) is 19.8 Å². The maximum Gasteiger partial charge on any atom is 0.417 e. The second-order valence-electron chi connectivity index (χ2n) is 7.93. The maximum atomic E-state index is 13.9. The van der Waals surface area contributed by atoms with Crippen molar-refractivity contribution in [3.8, 4) is 0 Å². The summed E-state index contributed by atoms with van der Waals surface area (Å²) in [6.45, 7) is 5.01. The van der Waals surface area contributed by atoms with Gasteiger partial charge in [0.25, 0.3) is 0 Å². The SMILES string of the molecule is Cc1cc(=O)cc([C@@H]2O[C@@](C)(C(F)(F)F)[C@@H](C)[C@H]2c2cccc(C(F)(F)F)c2C)[nH]1. The van der Waals surface area contributed by atoms with Gasteiger partial charge in [0.15, 0.2) is 11.0 Å². The van der Waals surface area contributed by atoms with Crippen LogP contribution in [0.5, 0.6) is 0 Å². The monoisotopic (exact) mass is 433 g/mol. The van der Waals surface area contributed by atoms with Crippen LogP contribution in [0.15, 0.2) is 35.1 Å². The van der Waals surface area contributed by atoms with E-state index in [-0.39, 0.29) is 16.8 Å². The number of alkyl halides is 6. The Morgan fingerprint density at radius 1 is 1.07 bits per heavy atom. The maximum absolute atomic E-state index is 13.9. The Bertz CT molecular complexity index is 1010. The van der Waals surface area contributed by atoms with Gasteiger partial charge in [-0.2, -0.15) is 26.3 Å². The van der Waals surface area contributed by atoms with E-state index in [1.54, 1.807) is 6.92 Å². The first-order chi connectivity index (χ1) is 13.7. The highest BCUT2D eigenvalue weighted by Gasteiger charge is 2.64. The van der Waals surface area contributed by atoms with E-state index in [1.807, 2.05) is 0 Å².